The van der Waals surface area contributed by atoms with Crippen molar-refractivity contribution in [2.75, 3.05) is 19.6 Å². The molecule has 2 rings (SSSR count). The Kier molecular flexibility index (Phi) is 4.71. The second-order valence-corrected chi connectivity index (χ2v) is 6.89. The maximum absolute atomic E-state index is 12.1. The number of piperazine rings is 1. The van der Waals surface area contributed by atoms with Gasteiger partial charge in [-0.05, 0) is 39.5 Å². The molecule has 0 aromatic rings. The van der Waals surface area contributed by atoms with Crippen LogP contribution >= 0.6 is 0 Å². The minimum Gasteiger partial charge on any atom is -0.444 e. The van der Waals surface area contributed by atoms with Crippen LogP contribution in [0.5, 0.6) is 0 Å². The molecule has 1 heterocycles. The Bertz CT molecular complexity index is 306. The molecule has 2 aliphatic rings. The lowest BCUT2D eigenvalue weighted by atomic mass is 9.83. The van der Waals surface area contributed by atoms with Crippen molar-refractivity contribution >= 4 is 6.09 Å². The number of hydrogen-bond donors (Lipinski definition) is 1. The van der Waals surface area contributed by atoms with E-state index < -0.39 is 5.60 Å². The minimum atomic E-state index is -0.401. The average Bonchev–Trinajstić information content (AvgIpc) is 2.38. The van der Waals surface area contributed by atoms with Crippen LogP contribution in [0.4, 0.5) is 4.79 Å². The van der Waals surface area contributed by atoms with Crippen molar-refractivity contribution < 1.29 is 9.53 Å². The van der Waals surface area contributed by atoms with Gasteiger partial charge in [0.2, 0.25) is 0 Å². The first kappa shape index (κ1) is 14.6. The Morgan fingerprint density at radius 1 is 1.21 bits per heavy atom. The van der Waals surface area contributed by atoms with Gasteiger partial charge in [0.1, 0.15) is 5.60 Å². The molecule has 2 fully saturated rings. The summed E-state index contributed by atoms with van der Waals surface area (Å²) >= 11 is 0. The molecule has 1 atom stereocenters. The molecule has 0 bridgehead atoms. The van der Waals surface area contributed by atoms with E-state index in [4.69, 9.17) is 4.74 Å². The number of nitrogens with one attached hydrogen (secondary N) is 1. The molecule has 110 valence electrons. The summed E-state index contributed by atoms with van der Waals surface area (Å²) in [6.45, 7) is 8.22. The summed E-state index contributed by atoms with van der Waals surface area (Å²) in [5.74, 6) is 0.735. The molecule has 0 spiro atoms. The second kappa shape index (κ2) is 6.12. The lowest BCUT2D eigenvalue weighted by molar-refractivity contribution is 0.0162. The molecular formula is C15H28N2O2. The first-order valence-corrected chi connectivity index (χ1v) is 7.67. The summed E-state index contributed by atoms with van der Waals surface area (Å²) in [6, 6.07) is 0.460. The number of amides is 1. The van der Waals surface area contributed by atoms with E-state index in [2.05, 4.69) is 5.32 Å². The molecule has 4 nitrogen and oxygen atoms in total. The van der Waals surface area contributed by atoms with Gasteiger partial charge >= 0.3 is 6.09 Å². The first-order chi connectivity index (χ1) is 8.96. The van der Waals surface area contributed by atoms with E-state index in [-0.39, 0.29) is 6.09 Å². The van der Waals surface area contributed by atoms with Crippen LogP contribution in [0.15, 0.2) is 0 Å². The smallest absolute Gasteiger partial charge is 0.410 e. The highest BCUT2D eigenvalue weighted by molar-refractivity contribution is 5.68. The number of hydrogen-bond acceptors (Lipinski definition) is 3. The van der Waals surface area contributed by atoms with Crippen LogP contribution in [0.25, 0.3) is 0 Å². The topological polar surface area (TPSA) is 41.6 Å². The largest absolute Gasteiger partial charge is 0.444 e. The molecule has 0 radical (unpaired) electrons. The molecule has 1 aliphatic heterocycles. The average molecular weight is 268 g/mol. The third-order valence-electron chi connectivity index (χ3n) is 4.08. The third kappa shape index (κ3) is 4.37. The van der Waals surface area contributed by atoms with Crippen LogP contribution in [-0.4, -0.2) is 42.3 Å². The lowest BCUT2D eigenvalue weighted by Crippen LogP contribution is -2.56. The standard InChI is InChI=1S/C15H28N2O2/c1-15(2,3)19-14(18)17-10-9-16-13(11-17)12-7-5-4-6-8-12/h12-13,16H,4-11H2,1-3H3/t13-/m0/s1. The fraction of sp³-hybridized carbons (Fsp3) is 0.933. The fourth-order valence-corrected chi connectivity index (χ4v) is 3.12. The highest BCUT2D eigenvalue weighted by Crippen LogP contribution is 2.28. The normalized spacial score (nSPS) is 26.3. The molecule has 4 heteroatoms. The van der Waals surface area contributed by atoms with Gasteiger partial charge in [0.15, 0.2) is 0 Å². The van der Waals surface area contributed by atoms with Gasteiger partial charge in [-0.25, -0.2) is 4.79 Å². The van der Waals surface area contributed by atoms with Gasteiger partial charge in [0.25, 0.3) is 0 Å². The highest BCUT2D eigenvalue weighted by Gasteiger charge is 2.31. The first-order valence-electron chi connectivity index (χ1n) is 7.67. The highest BCUT2D eigenvalue weighted by atomic mass is 16.6. The number of nitrogens with zero attached hydrogens (tertiary/aromatic N) is 1. The van der Waals surface area contributed by atoms with Gasteiger partial charge in [-0.3, -0.25) is 0 Å². The Morgan fingerprint density at radius 3 is 2.53 bits per heavy atom. The van der Waals surface area contributed by atoms with Gasteiger partial charge < -0.3 is 15.0 Å². The molecule has 0 aromatic heterocycles. The Labute approximate surface area is 116 Å². The molecule has 19 heavy (non-hydrogen) atoms. The molecule has 0 unspecified atom stereocenters. The van der Waals surface area contributed by atoms with Crippen molar-refractivity contribution in [2.24, 2.45) is 5.92 Å². The molecule has 1 aliphatic carbocycles. The van der Waals surface area contributed by atoms with Crippen LogP contribution in [-0.2, 0) is 4.74 Å². The maximum atomic E-state index is 12.1. The van der Waals surface area contributed by atoms with Gasteiger partial charge in [0, 0.05) is 25.7 Å². The molecule has 1 saturated heterocycles. The Hall–Kier alpha value is -0.770. The van der Waals surface area contributed by atoms with E-state index in [1.54, 1.807) is 0 Å². The SMILES string of the molecule is CC(C)(C)OC(=O)N1CCN[C@H](C2CCCCC2)C1. The van der Waals surface area contributed by atoms with E-state index >= 15 is 0 Å². The van der Waals surface area contributed by atoms with E-state index in [1.807, 2.05) is 25.7 Å². The van der Waals surface area contributed by atoms with E-state index in [0.717, 1.165) is 25.6 Å². The van der Waals surface area contributed by atoms with Gasteiger partial charge in [-0.1, -0.05) is 19.3 Å². The monoisotopic (exact) mass is 268 g/mol. The summed E-state index contributed by atoms with van der Waals surface area (Å²) in [6.07, 6.45) is 6.51. The quantitative estimate of drug-likeness (QED) is 0.795. The number of carbonyl (C=O) groups excluding carboxylic acids is 1. The van der Waals surface area contributed by atoms with Crippen LogP contribution < -0.4 is 5.32 Å². The molecule has 0 aromatic carbocycles. The second-order valence-electron chi connectivity index (χ2n) is 6.89. The molecular weight excluding hydrogens is 240 g/mol. The zero-order chi connectivity index (χ0) is 13.9. The third-order valence-corrected chi connectivity index (χ3v) is 4.08. The predicted molar refractivity (Wildman–Crippen MR) is 76.2 cm³/mol. The molecule has 1 N–H and O–H groups in total. The van der Waals surface area contributed by atoms with Crippen molar-refractivity contribution in [3.63, 3.8) is 0 Å². The van der Waals surface area contributed by atoms with Gasteiger partial charge in [-0.2, -0.15) is 0 Å². The summed E-state index contributed by atoms with van der Waals surface area (Å²) in [4.78, 5) is 14.0. The van der Waals surface area contributed by atoms with Crippen molar-refractivity contribution in [2.45, 2.75) is 64.5 Å². The van der Waals surface area contributed by atoms with E-state index in [0.29, 0.717) is 6.04 Å². The van der Waals surface area contributed by atoms with Gasteiger partial charge in [0.05, 0.1) is 0 Å². The van der Waals surface area contributed by atoms with Crippen molar-refractivity contribution in [3.8, 4) is 0 Å². The zero-order valence-electron chi connectivity index (χ0n) is 12.6. The van der Waals surface area contributed by atoms with Gasteiger partial charge in [-0.15, -0.1) is 0 Å². The molecule has 1 amide bonds. The van der Waals surface area contributed by atoms with E-state index in [1.165, 1.54) is 32.1 Å². The van der Waals surface area contributed by atoms with Crippen LogP contribution in [0.2, 0.25) is 0 Å². The van der Waals surface area contributed by atoms with Crippen molar-refractivity contribution in [1.82, 2.24) is 10.2 Å². The Balaban J connectivity index is 1.87. The predicted octanol–water partition coefficient (Wildman–Crippen LogP) is 2.78. The summed E-state index contributed by atoms with van der Waals surface area (Å²) in [7, 11) is 0. The number of ether oxygens (including phenoxy) is 1. The molecule has 1 saturated carbocycles. The van der Waals surface area contributed by atoms with Crippen LogP contribution in [0.3, 0.4) is 0 Å². The number of rotatable bonds is 1. The Morgan fingerprint density at radius 2 is 1.89 bits per heavy atom. The minimum absolute atomic E-state index is 0.158. The zero-order valence-corrected chi connectivity index (χ0v) is 12.6. The maximum Gasteiger partial charge on any atom is 0.410 e. The summed E-state index contributed by atoms with van der Waals surface area (Å²) in [5.41, 5.74) is -0.401. The van der Waals surface area contributed by atoms with E-state index in [9.17, 15) is 4.79 Å². The number of carbonyl (C=O) groups is 1. The van der Waals surface area contributed by atoms with Crippen molar-refractivity contribution in [3.05, 3.63) is 0 Å². The summed E-state index contributed by atoms with van der Waals surface area (Å²) in [5, 5.41) is 3.59. The van der Waals surface area contributed by atoms with Crippen LogP contribution in [0, 0.1) is 5.92 Å². The van der Waals surface area contributed by atoms with Crippen molar-refractivity contribution in [1.29, 1.82) is 0 Å². The summed E-state index contributed by atoms with van der Waals surface area (Å²) < 4.78 is 5.47. The lowest BCUT2D eigenvalue weighted by Gasteiger charge is -2.39. The fourth-order valence-electron chi connectivity index (χ4n) is 3.12. The van der Waals surface area contributed by atoms with Crippen LogP contribution in [0.1, 0.15) is 52.9 Å².